The van der Waals surface area contributed by atoms with E-state index in [-0.39, 0.29) is 36.2 Å². The Bertz CT molecular complexity index is 1400. The molecule has 2 aromatic heterocycles. The highest BCUT2D eigenvalue weighted by atomic mass is 16.5. The van der Waals surface area contributed by atoms with Gasteiger partial charge in [0.15, 0.2) is 11.8 Å². The maximum absolute atomic E-state index is 13.0. The van der Waals surface area contributed by atoms with E-state index in [0.717, 1.165) is 41.0 Å². The Labute approximate surface area is 229 Å². The summed E-state index contributed by atoms with van der Waals surface area (Å²) in [7, 11) is 2.88. The minimum atomic E-state index is -0.914. The average molecular weight is 554 g/mol. The van der Waals surface area contributed by atoms with Crippen molar-refractivity contribution in [2.75, 3.05) is 26.5 Å². The SMILES string of the molecule is COC(=O)C(CCCN=C(N)N)NC(=O)c1cn(-c2ncc3c(n2)-c2ccc(OC)cc2CC3)nc1N.O=CO. The molecule has 0 fully saturated rings. The number of ether oxygens (including phenoxy) is 2. The highest BCUT2D eigenvalue weighted by Gasteiger charge is 2.25. The molecule has 0 saturated heterocycles. The van der Waals surface area contributed by atoms with Crippen molar-refractivity contribution in [1.29, 1.82) is 0 Å². The van der Waals surface area contributed by atoms with Crippen LogP contribution in [0.15, 0.2) is 35.6 Å². The number of nitrogens with two attached hydrogens (primary N) is 3. The number of benzene rings is 1. The van der Waals surface area contributed by atoms with E-state index in [0.29, 0.717) is 13.0 Å². The molecule has 1 aromatic carbocycles. The Morgan fingerprint density at radius 2 is 1.98 bits per heavy atom. The van der Waals surface area contributed by atoms with Gasteiger partial charge < -0.3 is 37.1 Å². The van der Waals surface area contributed by atoms with Crippen molar-refractivity contribution in [3.63, 3.8) is 0 Å². The fraction of sp³-hybridized carbons (Fsp3) is 0.320. The maximum atomic E-state index is 13.0. The third-order valence-electron chi connectivity index (χ3n) is 6.01. The summed E-state index contributed by atoms with van der Waals surface area (Å²) in [6.45, 7) is 0.0529. The minimum absolute atomic E-state index is 0.0342. The fourth-order valence-corrected chi connectivity index (χ4v) is 4.12. The molecule has 212 valence electrons. The standard InChI is InChI=1S/C24H29N9O4.CH2O2/c1-36-15-7-8-16-13(10-15)5-6-14-11-29-24(31-19(14)16)33-12-17(20(25)32-33)21(34)30-18(22(35)37-2)4-3-9-28-23(26)27;2-1-3/h7-8,10-12,18H,3-6,9H2,1-2H3,(H2,25,32)(H,30,34)(H4,26,27,28);1H,(H,2,3). The number of nitrogens with one attached hydrogen (secondary N) is 1. The number of hydrogen-bond donors (Lipinski definition) is 5. The van der Waals surface area contributed by atoms with Crippen LogP contribution in [0, 0.1) is 0 Å². The Kier molecular flexibility index (Phi) is 9.94. The maximum Gasteiger partial charge on any atom is 0.328 e. The topological polar surface area (TPSA) is 236 Å². The van der Waals surface area contributed by atoms with Crippen LogP contribution in [0.1, 0.15) is 34.3 Å². The van der Waals surface area contributed by atoms with E-state index >= 15 is 0 Å². The summed E-state index contributed by atoms with van der Waals surface area (Å²) >= 11 is 0. The van der Waals surface area contributed by atoms with E-state index in [4.69, 9.17) is 41.6 Å². The number of aliphatic imine (C=N–C) groups is 1. The van der Waals surface area contributed by atoms with Gasteiger partial charge in [0.1, 0.15) is 17.4 Å². The number of methoxy groups -OCH3 is 2. The van der Waals surface area contributed by atoms with Crippen LogP contribution >= 0.6 is 0 Å². The molecule has 0 spiro atoms. The largest absolute Gasteiger partial charge is 0.497 e. The molecule has 3 aromatic rings. The fourth-order valence-electron chi connectivity index (χ4n) is 4.12. The third-order valence-corrected chi connectivity index (χ3v) is 6.01. The molecule has 0 bridgehead atoms. The first-order valence-electron chi connectivity index (χ1n) is 12.1. The number of hydrogen-bond acceptors (Lipinski definition) is 10. The van der Waals surface area contributed by atoms with E-state index in [9.17, 15) is 9.59 Å². The van der Waals surface area contributed by atoms with E-state index < -0.39 is 17.9 Å². The lowest BCUT2D eigenvalue weighted by atomic mass is 9.90. The first-order valence-corrected chi connectivity index (χ1v) is 12.1. The number of carbonyl (C=O) groups excluding carboxylic acids is 2. The number of nitrogens with zero attached hydrogens (tertiary/aromatic N) is 5. The zero-order valence-electron chi connectivity index (χ0n) is 22.0. The third kappa shape index (κ3) is 7.00. The highest BCUT2D eigenvalue weighted by Crippen LogP contribution is 2.34. The predicted octanol–water partition coefficient (Wildman–Crippen LogP) is 0.0445. The number of aromatic nitrogens is 4. The Morgan fingerprint density at radius 3 is 2.65 bits per heavy atom. The Hall–Kier alpha value is -5.21. The molecular formula is C25H31N9O6. The number of guanidine groups is 1. The second kappa shape index (κ2) is 13.5. The van der Waals surface area contributed by atoms with Gasteiger partial charge in [-0.3, -0.25) is 14.6 Å². The summed E-state index contributed by atoms with van der Waals surface area (Å²) in [5.74, 6) is -0.225. The number of fused-ring (bicyclic) bond motifs is 3. The van der Waals surface area contributed by atoms with Gasteiger partial charge in [-0.1, -0.05) is 0 Å². The van der Waals surface area contributed by atoms with Gasteiger partial charge in [-0.05, 0) is 55.0 Å². The number of aryl methyl sites for hydroxylation is 2. The number of rotatable bonds is 9. The van der Waals surface area contributed by atoms with Crippen LogP contribution in [-0.2, 0) is 27.2 Å². The lowest BCUT2D eigenvalue weighted by molar-refractivity contribution is -0.143. The van der Waals surface area contributed by atoms with Crippen molar-refractivity contribution in [3.05, 3.63) is 47.3 Å². The smallest absolute Gasteiger partial charge is 0.328 e. The summed E-state index contributed by atoms with van der Waals surface area (Å²) in [6.07, 6.45) is 5.55. The summed E-state index contributed by atoms with van der Waals surface area (Å²) in [6, 6.07) is 4.95. The van der Waals surface area contributed by atoms with E-state index in [1.165, 1.54) is 18.0 Å². The van der Waals surface area contributed by atoms with Gasteiger partial charge in [0, 0.05) is 24.5 Å². The molecule has 15 heteroatoms. The first kappa shape index (κ1) is 29.3. The van der Waals surface area contributed by atoms with Crippen LogP contribution in [0.5, 0.6) is 5.75 Å². The molecule has 0 radical (unpaired) electrons. The van der Waals surface area contributed by atoms with Crippen molar-refractivity contribution < 1.29 is 29.0 Å². The molecule has 1 amide bonds. The van der Waals surface area contributed by atoms with Crippen molar-refractivity contribution in [2.45, 2.75) is 31.7 Å². The number of carbonyl (C=O) groups is 3. The summed E-state index contributed by atoms with van der Waals surface area (Å²) < 4.78 is 11.5. The van der Waals surface area contributed by atoms with Crippen LogP contribution in [0.2, 0.25) is 0 Å². The molecule has 1 atom stereocenters. The lowest BCUT2D eigenvalue weighted by Gasteiger charge is -2.19. The number of nitrogen functional groups attached to an aromatic ring is 1. The van der Waals surface area contributed by atoms with Gasteiger partial charge in [-0.2, -0.15) is 0 Å². The first-order chi connectivity index (χ1) is 19.2. The molecule has 4 rings (SSSR count). The van der Waals surface area contributed by atoms with Gasteiger partial charge in [-0.15, -0.1) is 5.10 Å². The van der Waals surface area contributed by atoms with E-state index in [1.807, 2.05) is 18.2 Å². The second-order valence-electron chi connectivity index (χ2n) is 8.54. The average Bonchev–Trinajstić information content (AvgIpc) is 3.35. The minimum Gasteiger partial charge on any atom is -0.497 e. The van der Waals surface area contributed by atoms with E-state index in [2.05, 4.69) is 20.4 Å². The van der Waals surface area contributed by atoms with Crippen molar-refractivity contribution >= 4 is 30.1 Å². The van der Waals surface area contributed by atoms with Gasteiger partial charge >= 0.3 is 5.97 Å². The van der Waals surface area contributed by atoms with Crippen molar-refractivity contribution in [2.24, 2.45) is 16.5 Å². The summed E-state index contributed by atoms with van der Waals surface area (Å²) in [5, 5.41) is 13.8. The van der Waals surface area contributed by atoms with Crippen LogP contribution in [0.3, 0.4) is 0 Å². The summed E-state index contributed by atoms with van der Waals surface area (Å²) in [5.41, 5.74) is 20.7. The molecule has 40 heavy (non-hydrogen) atoms. The molecule has 15 nitrogen and oxygen atoms in total. The molecule has 0 aliphatic heterocycles. The van der Waals surface area contributed by atoms with Crippen molar-refractivity contribution in [3.8, 4) is 23.0 Å². The quantitative estimate of drug-likeness (QED) is 0.0776. The Balaban J connectivity index is 0.00000141. The molecule has 1 aliphatic carbocycles. The van der Waals surface area contributed by atoms with Gasteiger partial charge in [0.2, 0.25) is 0 Å². The molecule has 8 N–H and O–H groups in total. The van der Waals surface area contributed by atoms with Gasteiger partial charge in [0.25, 0.3) is 18.3 Å². The number of anilines is 1. The molecule has 2 heterocycles. The zero-order chi connectivity index (χ0) is 29.2. The van der Waals surface area contributed by atoms with Crippen LogP contribution in [0.25, 0.3) is 17.2 Å². The monoisotopic (exact) mass is 553 g/mol. The number of esters is 1. The molecule has 1 unspecified atom stereocenters. The molecular weight excluding hydrogens is 522 g/mol. The van der Waals surface area contributed by atoms with Gasteiger partial charge in [0.05, 0.1) is 19.9 Å². The molecule has 1 aliphatic rings. The van der Waals surface area contributed by atoms with Crippen LogP contribution in [-0.4, -0.2) is 76.0 Å². The highest BCUT2D eigenvalue weighted by molar-refractivity contribution is 6.00. The Morgan fingerprint density at radius 1 is 1.25 bits per heavy atom. The van der Waals surface area contributed by atoms with E-state index in [1.54, 1.807) is 13.3 Å². The van der Waals surface area contributed by atoms with Crippen LogP contribution in [0.4, 0.5) is 5.82 Å². The number of carboxylic acid groups (broad SMARTS) is 1. The normalized spacial score (nSPS) is 11.9. The van der Waals surface area contributed by atoms with Crippen molar-refractivity contribution in [1.82, 2.24) is 25.1 Å². The predicted molar refractivity (Wildman–Crippen MR) is 145 cm³/mol. The van der Waals surface area contributed by atoms with Gasteiger partial charge in [-0.25, -0.2) is 19.4 Å². The second-order valence-corrected chi connectivity index (χ2v) is 8.54. The number of amides is 1. The van der Waals surface area contributed by atoms with Crippen LogP contribution < -0.4 is 27.3 Å². The summed E-state index contributed by atoms with van der Waals surface area (Å²) in [4.78, 5) is 46.5. The zero-order valence-corrected chi connectivity index (χ0v) is 22.0. The lowest BCUT2D eigenvalue weighted by Crippen LogP contribution is -2.41. The molecule has 0 saturated carbocycles.